The first-order chi connectivity index (χ1) is 7.05. The minimum Gasteiger partial charge on any atom is -0.299 e. The molecule has 0 unspecified atom stereocenters. The van der Waals surface area contributed by atoms with Gasteiger partial charge >= 0.3 is 0 Å². The van der Waals surface area contributed by atoms with Crippen molar-refractivity contribution in [3.63, 3.8) is 0 Å². The quantitative estimate of drug-likeness (QED) is 0.659. The van der Waals surface area contributed by atoms with Crippen LogP contribution in [0.1, 0.15) is 45.4 Å². The van der Waals surface area contributed by atoms with Crippen LogP contribution in [0, 0.1) is 17.8 Å². The Bertz CT molecular complexity index is 276. The molecule has 1 aliphatic carbocycles. The summed E-state index contributed by atoms with van der Waals surface area (Å²) in [5.41, 5.74) is 0. The zero-order chi connectivity index (χ0) is 11.3. The van der Waals surface area contributed by atoms with E-state index >= 15 is 0 Å². The van der Waals surface area contributed by atoms with Gasteiger partial charge in [-0.15, -0.1) is 11.8 Å². The fourth-order valence-electron chi connectivity index (χ4n) is 1.88. The van der Waals surface area contributed by atoms with Crippen molar-refractivity contribution in [1.29, 1.82) is 0 Å². The summed E-state index contributed by atoms with van der Waals surface area (Å²) in [4.78, 5) is 11.6. The van der Waals surface area contributed by atoms with Gasteiger partial charge in [-0.2, -0.15) is 0 Å². The highest BCUT2D eigenvalue weighted by molar-refractivity contribution is 5.81. The van der Waals surface area contributed by atoms with Crippen LogP contribution in [0.2, 0.25) is 0 Å². The predicted molar refractivity (Wildman–Crippen MR) is 54.6 cm³/mol. The predicted octanol–water partition coefficient (Wildman–Crippen LogP) is 3.18. The molecular formula is C12H16F2O. The van der Waals surface area contributed by atoms with Crippen molar-refractivity contribution < 1.29 is 13.6 Å². The second-order valence-electron chi connectivity index (χ2n) is 4.02. The Labute approximate surface area is 89.2 Å². The summed E-state index contributed by atoms with van der Waals surface area (Å²) < 4.78 is 25.6. The molecule has 84 valence electrons. The van der Waals surface area contributed by atoms with Crippen LogP contribution in [-0.2, 0) is 4.79 Å². The maximum Gasteiger partial charge on any atom is 0.248 e. The molecule has 1 fully saturated rings. The molecule has 0 aliphatic heterocycles. The molecule has 0 atom stereocenters. The minimum absolute atomic E-state index is 0.105. The number of ketones is 1. The fraction of sp³-hybridized carbons (Fsp3) is 0.750. The van der Waals surface area contributed by atoms with Crippen LogP contribution < -0.4 is 0 Å². The standard InChI is InChI=1S/C12H16F2O/c1-2-3-4-5-11(15)10-6-8-12(13,14)9-7-10/h10H,4-9H2,1H3. The van der Waals surface area contributed by atoms with Crippen LogP contribution in [0.4, 0.5) is 8.78 Å². The monoisotopic (exact) mass is 214 g/mol. The summed E-state index contributed by atoms with van der Waals surface area (Å²) in [6.07, 6.45) is 1.38. The Morgan fingerprint density at radius 3 is 2.53 bits per heavy atom. The molecule has 15 heavy (non-hydrogen) atoms. The van der Waals surface area contributed by atoms with Crippen molar-refractivity contribution in [2.75, 3.05) is 0 Å². The molecule has 0 N–H and O–H groups in total. The molecule has 0 aromatic carbocycles. The summed E-state index contributed by atoms with van der Waals surface area (Å²) in [6, 6.07) is 0. The highest BCUT2D eigenvalue weighted by atomic mass is 19.3. The Hall–Kier alpha value is -0.910. The molecule has 0 aromatic heterocycles. The van der Waals surface area contributed by atoms with Crippen molar-refractivity contribution in [3.05, 3.63) is 0 Å². The van der Waals surface area contributed by atoms with Gasteiger partial charge < -0.3 is 0 Å². The molecule has 0 heterocycles. The smallest absolute Gasteiger partial charge is 0.248 e. The van der Waals surface area contributed by atoms with Gasteiger partial charge in [0, 0.05) is 31.6 Å². The number of Topliss-reactive ketones (excluding diaryl/α,β-unsaturated/α-hetero) is 1. The van der Waals surface area contributed by atoms with Crippen LogP contribution in [0.3, 0.4) is 0 Å². The van der Waals surface area contributed by atoms with Crippen molar-refractivity contribution >= 4 is 5.78 Å². The number of halogens is 2. The van der Waals surface area contributed by atoms with Crippen LogP contribution in [0.5, 0.6) is 0 Å². The Morgan fingerprint density at radius 1 is 1.40 bits per heavy atom. The molecule has 0 aromatic rings. The summed E-state index contributed by atoms with van der Waals surface area (Å²) in [5, 5.41) is 0. The number of carbonyl (C=O) groups excluding carboxylic acids is 1. The van der Waals surface area contributed by atoms with Crippen LogP contribution in [0.15, 0.2) is 0 Å². The summed E-state index contributed by atoms with van der Waals surface area (Å²) >= 11 is 0. The molecule has 0 saturated heterocycles. The summed E-state index contributed by atoms with van der Waals surface area (Å²) in [7, 11) is 0. The third kappa shape index (κ3) is 3.99. The summed E-state index contributed by atoms with van der Waals surface area (Å²) in [6.45, 7) is 1.73. The van der Waals surface area contributed by atoms with Gasteiger partial charge in [-0.05, 0) is 19.8 Å². The van der Waals surface area contributed by atoms with E-state index in [0.29, 0.717) is 25.7 Å². The molecule has 0 bridgehead atoms. The molecule has 1 nitrogen and oxygen atoms in total. The second-order valence-corrected chi connectivity index (χ2v) is 4.02. The maximum atomic E-state index is 12.8. The fourth-order valence-corrected chi connectivity index (χ4v) is 1.88. The third-order valence-corrected chi connectivity index (χ3v) is 2.85. The van der Waals surface area contributed by atoms with Gasteiger partial charge in [0.25, 0.3) is 0 Å². The third-order valence-electron chi connectivity index (χ3n) is 2.85. The van der Waals surface area contributed by atoms with Gasteiger partial charge in [0.2, 0.25) is 5.92 Å². The van der Waals surface area contributed by atoms with Gasteiger partial charge in [0.1, 0.15) is 5.78 Å². The van der Waals surface area contributed by atoms with Gasteiger partial charge in [0.05, 0.1) is 0 Å². The Kier molecular flexibility index (Phi) is 4.26. The Morgan fingerprint density at radius 2 is 2.00 bits per heavy atom. The number of carbonyl (C=O) groups is 1. The van der Waals surface area contributed by atoms with E-state index < -0.39 is 5.92 Å². The highest BCUT2D eigenvalue weighted by Gasteiger charge is 2.36. The van der Waals surface area contributed by atoms with Gasteiger partial charge in [-0.25, -0.2) is 8.78 Å². The lowest BCUT2D eigenvalue weighted by molar-refractivity contribution is -0.126. The summed E-state index contributed by atoms with van der Waals surface area (Å²) in [5.74, 6) is 2.95. The molecule has 3 heteroatoms. The second kappa shape index (κ2) is 5.25. The normalized spacial score (nSPS) is 20.5. The van der Waals surface area contributed by atoms with E-state index in [9.17, 15) is 13.6 Å². The lowest BCUT2D eigenvalue weighted by Crippen LogP contribution is -2.28. The lowest BCUT2D eigenvalue weighted by Gasteiger charge is -2.27. The van der Waals surface area contributed by atoms with Gasteiger partial charge in [-0.3, -0.25) is 4.79 Å². The number of rotatable bonds is 3. The van der Waals surface area contributed by atoms with E-state index in [2.05, 4.69) is 11.8 Å². The topological polar surface area (TPSA) is 17.1 Å². The van der Waals surface area contributed by atoms with Crippen molar-refractivity contribution in [3.8, 4) is 11.8 Å². The zero-order valence-corrected chi connectivity index (χ0v) is 8.98. The molecule has 1 aliphatic rings. The first kappa shape index (κ1) is 12.2. The van der Waals surface area contributed by atoms with E-state index in [1.807, 2.05) is 0 Å². The largest absolute Gasteiger partial charge is 0.299 e. The first-order valence-electron chi connectivity index (χ1n) is 5.35. The van der Waals surface area contributed by atoms with Crippen molar-refractivity contribution in [1.82, 2.24) is 0 Å². The van der Waals surface area contributed by atoms with Crippen LogP contribution in [-0.4, -0.2) is 11.7 Å². The lowest BCUT2D eigenvalue weighted by atomic mass is 9.83. The number of alkyl halides is 2. The van der Waals surface area contributed by atoms with Gasteiger partial charge in [-0.1, -0.05) is 0 Å². The zero-order valence-electron chi connectivity index (χ0n) is 8.98. The van der Waals surface area contributed by atoms with Crippen LogP contribution >= 0.6 is 0 Å². The van der Waals surface area contributed by atoms with E-state index in [1.165, 1.54) is 0 Å². The average molecular weight is 214 g/mol. The SMILES string of the molecule is CC#CCCC(=O)C1CCC(F)(F)CC1. The number of hydrogen-bond acceptors (Lipinski definition) is 1. The van der Waals surface area contributed by atoms with Gasteiger partial charge in [0.15, 0.2) is 0 Å². The van der Waals surface area contributed by atoms with Crippen molar-refractivity contribution in [2.45, 2.75) is 51.4 Å². The molecule has 0 spiro atoms. The molecule has 1 rings (SSSR count). The van der Waals surface area contributed by atoms with E-state index in [-0.39, 0.29) is 24.5 Å². The first-order valence-corrected chi connectivity index (χ1v) is 5.35. The molecule has 1 saturated carbocycles. The molecular weight excluding hydrogens is 198 g/mol. The van der Waals surface area contributed by atoms with E-state index in [4.69, 9.17) is 0 Å². The minimum atomic E-state index is -2.54. The highest BCUT2D eigenvalue weighted by Crippen LogP contribution is 2.36. The molecule has 0 radical (unpaired) electrons. The average Bonchev–Trinajstić information content (AvgIpc) is 2.18. The number of hydrogen-bond donors (Lipinski definition) is 0. The Balaban J connectivity index is 2.32. The molecule has 0 amide bonds. The van der Waals surface area contributed by atoms with Crippen molar-refractivity contribution in [2.24, 2.45) is 5.92 Å². The van der Waals surface area contributed by atoms with E-state index in [0.717, 1.165) is 0 Å². The maximum absolute atomic E-state index is 12.8. The van der Waals surface area contributed by atoms with E-state index in [1.54, 1.807) is 6.92 Å². The van der Waals surface area contributed by atoms with Crippen LogP contribution in [0.25, 0.3) is 0 Å².